The first kappa shape index (κ1) is 18.5. The van der Waals surface area contributed by atoms with Crippen molar-refractivity contribution in [1.82, 2.24) is 5.32 Å². The minimum Gasteiger partial charge on any atom is -0.459 e. The molecule has 0 fully saturated rings. The smallest absolute Gasteiger partial charge is 0.349 e. The molecule has 2 N–H and O–H groups in total. The number of carbonyl (C=O) groups is 3. The molecule has 2 aromatic rings. The van der Waals surface area contributed by atoms with Gasteiger partial charge < -0.3 is 19.8 Å². The molecule has 0 saturated carbocycles. The summed E-state index contributed by atoms with van der Waals surface area (Å²) in [5, 5.41) is 5.69. The fourth-order valence-corrected chi connectivity index (χ4v) is 2.86. The van der Waals surface area contributed by atoms with Gasteiger partial charge in [0.2, 0.25) is 0 Å². The van der Waals surface area contributed by atoms with Crippen molar-refractivity contribution in [2.45, 2.75) is 20.0 Å². The van der Waals surface area contributed by atoms with Gasteiger partial charge in [-0.1, -0.05) is 6.08 Å². The van der Waals surface area contributed by atoms with Gasteiger partial charge in [-0.05, 0) is 37.6 Å². The Bertz CT molecular complexity index is 779. The zero-order chi connectivity index (χ0) is 18.4. The fourth-order valence-electron chi connectivity index (χ4n) is 1.91. The average Bonchev–Trinajstić information content (AvgIpc) is 3.22. The number of hydrogen-bond acceptors (Lipinski definition) is 6. The van der Waals surface area contributed by atoms with Crippen molar-refractivity contribution in [2.75, 3.05) is 11.9 Å². The first-order chi connectivity index (χ1) is 11.9. The molecule has 1 unspecified atom stereocenters. The summed E-state index contributed by atoms with van der Waals surface area (Å²) in [6.07, 6.45) is 2.00. The quantitative estimate of drug-likeness (QED) is 0.583. The van der Waals surface area contributed by atoms with Crippen molar-refractivity contribution in [3.05, 3.63) is 53.3 Å². The Morgan fingerprint density at radius 3 is 2.84 bits per heavy atom. The highest BCUT2D eigenvalue weighted by Gasteiger charge is 2.22. The molecule has 0 aliphatic rings. The van der Waals surface area contributed by atoms with Crippen LogP contribution in [0.5, 0.6) is 0 Å². The molecule has 132 valence electrons. The summed E-state index contributed by atoms with van der Waals surface area (Å²) < 4.78 is 10.2. The lowest BCUT2D eigenvalue weighted by Gasteiger charge is -2.12. The lowest BCUT2D eigenvalue weighted by molar-refractivity contribution is -0.128. The standard InChI is InChI=1S/C17H18N2O5S/c1-4-7-18-15(20)11(3)24-17(22)14-10(2)9-13(25-14)19-16(21)12-6-5-8-23-12/h4-6,8-9,11H,1,7H2,2-3H3,(H,18,20)(H,19,21). The Balaban J connectivity index is 2.01. The zero-order valence-electron chi connectivity index (χ0n) is 13.8. The van der Waals surface area contributed by atoms with Crippen LogP contribution >= 0.6 is 11.3 Å². The van der Waals surface area contributed by atoms with Crippen molar-refractivity contribution in [3.63, 3.8) is 0 Å². The SMILES string of the molecule is C=CCNC(=O)C(C)OC(=O)c1sc(NC(=O)c2ccco2)cc1C. The van der Waals surface area contributed by atoms with E-state index < -0.39 is 23.9 Å². The Morgan fingerprint density at radius 1 is 1.44 bits per heavy atom. The van der Waals surface area contributed by atoms with E-state index in [1.165, 1.54) is 25.3 Å². The first-order valence-corrected chi connectivity index (χ1v) is 8.29. The normalized spacial score (nSPS) is 11.4. The number of carbonyl (C=O) groups excluding carboxylic acids is 3. The molecule has 0 aliphatic carbocycles. The predicted octanol–water partition coefficient (Wildman–Crippen LogP) is 2.75. The highest BCUT2D eigenvalue weighted by atomic mass is 32.1. The van der Waals surface area contributed by atoms with E-state index in [2.05, 4.69) is 17.2 Å². The number of hydrogen-bond donors (Lipinski definition) is 2. The lowest BCUT2D eigenvalue weighted by atomic mass is 10.3. The zero-order valence-corrected chi connectivity index (χ0v) is 14.6. The van der Waals surface area contributed by atoms with Crippen molar-refractivity contribution in [3.8, 4) is 0 Å². The van der Waals surface area contributed by atoms with Gasteiger partial charge in [-0.3, -0.25) is 9.59 Å². The number of anilines is 1. The molecule has 0 radical (unpaired) electrons. The van der Waals surface area contributed by atoms with E-state index in [0.717, 1.165) is 11.3 Å². The summed E-state index contributed by atoms with van der Waals surface area (Å²) in [5.41, 5.74) is 0.642. The lowest BCUT2D eigenvalue weighted by Crippen LogP contribution is -2.35. The maximum Gasteiger partial charge on any atom is 0.349 e. The number of furan rings is 1. The summed E-state index contributed by atoms with van der Waals surface area (Å²) in [4.78, 5) is 36.2. The minimum atomic E-state index is -0.935. The summed E-state index contributed by atoms with van der Waals surface area (Å²) in [5.74, 6) is -1.28. The second-order valence-corrected chi connectivity index (χ2v) is 6.19. The summed E-state index contributed by atoms with van der Waals surface area (Å²) in [6.45, 7) is 6.99. The molecular formula is C17H18N2O5S. The van der Waals surface area contributed by atoms with Gasteiger partial charge in [0.05, 0.1) is 11.3 Å². The van der Waals surface area contributed by atoms with Crippen LogP contribution < -0.4 is 10.6 Å². The van der Waals surface area contributed by atoms with E-state index in [9.17, 15) is 14.4 Å². The molecule has 0 aliphatic heterocycles. The monoisotopic (exact) mass is 362 g/mol. The molecule has 0 saturated heterocycles. The maximum atomic E-state index is 12.2. The Hall–Kier alpha value is -2.87. The molecule has 0 aromatic carbocycles. The van der Waals surface area contributed by atoms with Gasteiger partial charge in [0.25, 0.3) is 11.8 Å². The van der Waals surface area contributed by atoms with E-state index in [1.54, 1.807) is 19.1 Å². The van der Waals surface area contributed by atoms with E-state index in [-0.39, 0.29) is 5.76 Å². The number of aryl methyl sites for hydroxylation is 1. The van der Waals surface area contributed by atoms with Crippen molar-refractivity contribution in [2.24, 2.45) is 0 Å². The second kappa shape index (κ2) is 8.29. The molecule has 0 spiro atoms. The third-order valence-electron chi connectivity index (χ3n) is 3.16. The molecule has 25 heavy (non-hydrogen) atoms. The van der Waals surface area contributed by atoms with E-state index in [4.69, 9.17) is 9.15 Å². The summed E-state index contributed by atoms with van der Waals surface area (Å²) in [7, 11) is 0. The highest BCUT2D eigenvalue weighted by molar-refractivity contribution is 7.18. The van der Waals surface area contributed by atoms with Crippen LogP contribution in [0.2, 0.25) is 0 Å². The number of amides is 2. The summed E-state index contributed by atoms with van der Waals surface area (Å²) in [6, 6.07) is 4.80. The average molecular weight is 362 g/mol. The van der Waals surface area contributed by atoms with Crippen LogP contribution in [0.3, 0.4) is 0 Å². The van der Waals surface area contributed by atoms with Crippen molar-refractivity contribution in [1.29, 1.82) is 0 Å². The van der Waals surface area contributed by atoms with E-state index in [1.807, 2.05) is 0 Å². The van der Waals surface area contributed by atoms with Crippen LogP contribution in [0.15, 0.2) is 41.5 Å². The third-order valence-corrected chi connectivity index (χ3v) is 4.29. The number of rotatable bonds is 7. The molecule has 2 aromatic heterocycles. The molecule has 7 nitrogen and oxygen atoms in total. The van der Waals surface area contributed by atoms with Crippen LogP contribution in [-0.4, -0.2) is 30.4 Å². The fraction of sp³-hybridized carbons (Fsp3) is 0.235. The van der Waals surface area contributed by atoms with Crippen molar-refractivity contribution >= 4 is 34.1 Å². The third kappa shape index (κ3) is 4.80. The first-order valence-electron chi connectivity index (χ1n) is 7.47. The summed E-state index contributed by atoms with van der Waals surface area (Å²) >= 11 is 1.07. The van der Waals surface area contributed by atoms with Gasteiger partial charge in [0, 0.05) is 6.54 Å². The van der Waals surface area contributed by atoms with Crippen LogP contribution in [0.4, 0.5) is 5.00 Å². The van der Waals surface area contributed by atoms with Gasteiger partial charge in [0.15, 0.2) is 11.9 Å². The molecule has 2 rings (SSSR count). The predicted molar refractivity (Wildman–Crippen MR) is 93.8 cm³/mol. The Morgan fingerprint density at radius 2 is 2.20 bits per heavy atom. The number of ether oxygens (including phenoxy) is 1. The minimum absolute atomic E-state index is 0.169. The van der Waals surface area contributed by atoms with Gasteiger partial charge in [-0.25, -0.2) is 4.79 Å². The molecule has 2 amide bonds. The van der Waals surface area contributed by atoms with Crippen LogP contribution in [0.25, 0.3) is 0 Å². The van der Waals surface area contributed by atoms with Gasteiger partial charge in [0.1, 0.15) is 4.88 Å². The number of esters is 1. The molecular weight excluding hydrogens is 344 g/mol. The maximum absolute atomic E-state index is 12.2. The highest BCUT2D eigenvalue weighted by Crippen LogP contribution is 2.28. The molecule has 1 atom stereocenters. The second-order valence-electron chi connectivity index (χ2n) is 5.14. The Kier molecular flexibility index (Phi) is 6.13. The van der Waals surface area contributed by atoms with Crippen LogP contribution in [-0.2, 0) is 9.53 Å². The van der Waals surface area contributed by atoms with E-state index >= 15 is 0 Å². The largest absolute Gasteiger partial charge is 0.459 e. The number of nitrogens with one attached hydrogen (secondary N) is 2. The topological polar surface area (TPSA) is 97.6 Å². The van der Waals surface area contributed by atoms with Gasteiger partial charge in [-0.15, -0.1) is 17.9 Å². The van der Waals surface area contributed by atoms with Gasteiger partial charge in [-0.2, -0.15) is 0 Å². The number of thiophene rings is 1. The van der Waals surface area contributed by atoms with E-state index in [0.29, 0.717) is 22.0 Å². The van der Waals surface area contributed by atoms with Crippen molar-refractivity contribution < 1.29 is 23.5 Å². The van der Waals surface area contributed by atoms with Gasteiger partial charge >= 0.3 is 5.97 Å². The van der Waals surface area contributed by atoms with Crippen LogP contribution in [0.1, 0.15) is 32.7 Å². The molecule has 2 heterocycles. The Labute approximate surface area is 148 Å². The molecule has 8 heteroatoms. The van der Waals surface area contributed by atoms with Crippen LogP contribution in [0, 0.1) is 6.92 Å². The molecule has 0 bridgehead atoms.